The first-order valence-corrected chi connectivity index (χ1v) is 7.22. The van der Waals surface area contributed by atoms with Gasteiger partial charge >= 0.3 is 0 Å². The lowest BCUT2D eigenvalue weighted by Crippen LogP contribution is -2.45. The summed E-state index contributed by atoms with van der Waals surface area (Å²) in [4.78, 5) is 12.0. The van der Waals surface area contributed by atoms with Crippen molar-refractivity contribution in [2.24, 2.45) is 5.73 Å². The minimum absolute atomic E-state index is 0.000162. The number of carbonyl (C=O) groups excluding carboxylic acids is 1. The fraction of sp³-hybridized carbons (Fsp3) is 0.375. The Kier molecular flexibility index (Phi) is 5.51. The first kappa shape index (κ1) is 15.3. The van der Waals surface area contributed by atoms with Gasteiger partial charge in [0, 0.05) is 18.4 Å². The maximum absolute atomic E-state index is 12.0. The number of aromatic nitrogens is 2. The molecule has 5 heteroatoms. The Morgan fingerprint density at radius 1 is 1.33 bits per heavy atom. The minimum Gasteiger partial charge on any atom is -0.350 e. The molecular weight excluding hydrogens is 264 g/mol. The van der Waals surface area contributed by atoms with E-state index in [1.54, 1.807) is 10.9 Å². The third kappa shape index (κ3) is 5.04. The van der Waals surface area contributed by atoms with E-state index in [4.69, 9.17) is 5.73 Å². The van der Waals surface area contributed by atoms with Gasteiger partial charge in [0.15, 0.2) is 0 Å². The molecule has 0 aliphatic rings. The van der Waals surface area contributed by atoms with Gasteiger partial charge in [-0.05, 0) is 31.4 Å². The second-order valence-corrected chi connectivity index (χ2v) is 5.27. The smallest absolute Gasteiger partial charge is 0.237 e. The summed E-state index contributed by atoms with van der Waals surface area (Å²) < 4.78 is 1.79. The number of nitrogens with two attached hydrogens (primary N) is 1. The molecule has 3 N–H and O–H groups in total. The molecule has 2 rings (SSSR count). The van der Waals surface area contributed by atoms with E-state index in [-0.39, 0.29) is 11.9 Å². The van der Waals surface area contributed by atoms with E-state index in [9.17, 15) is 4.79 Å². The molecule has 0 aliphatic heterocycles. The van der Waals surface area contributed by atoms with Crippen molar-refractivity contribution < 1.29 is 4.79 Å². The summed E-state index contributed by atoms with van der Waals surface area (Å²) in [7, 11) is 0. The highest BCUT2D eigenvalue weighted by molar-refractivity contribution is 5.81. The fourth-order valence-electron chi connectivity index (χ4n) is 2.18. The first-order valence-electron chi connectivity index (χ1n) is 7.22. The molecule has 1 aromatic carbocycles. The van der Waals surface area contributed by atoms with E-state index in [2.05, 4.69) is 10.4 Å². The van der Waals surface area contributed by atoms with Crippen molar-refractivity contribution in [1.82, 2.24) is 15.1 Å². The largest absolute Gasteiger partial charge is 0.350 e. The summed E-state index contributed by atoms with van der Waals surface area (Å²) in [6, 6.07) is 11.4. The van der Waals surface area contributed by atoms with Gasteiger partial charge in [0.2, 0.25) is 5.91 Å². The quantitative estimate of drug-likeness (QED) is 0.807. The molecule has 112 valence electrons. The summed E-state index contributed by atoms with van der Waals surface area (Å²) >= 11 is 0. The van der Waals surface area contributed by atoms with Crippen molar-refractivity contribution in [3.63, 3.8) is 0 Å². The molecule has 2 aromatic rings. The van der Waals surface area contributed by atoms with Crippen LogP contribution in [0.3, 0.4) is 0 Å². The molecule has 5 nitrogen and oxygen atoms in total. The van der Waals surface area contributed by atoms with Crippen molar-refractivity contribution in [2.75, 3.05) is 0 Å². The van der Waals surface area contributed by atoms with E-state index in [0.29, 0.717) is 13.0 Å². The Bertz CT molecular complexity index is 539. The normalized spacial score (nSPS) is 13.6. The zero-order valence-corrected chi connectivity index (χ0v) is 12.3. The van der Waals surface area contributed by atoms with Crippen LogP contribution in [0.5, 0.6) is 0 Å². The van der Waals surface area contributed by atoms with E-state index in [1.807, 2.05) is 49.5 Å². The van der Waals surface area contributed by atoms with E-state index < -0.39 is 6.04 Å². The molecule has 1 amide bonds. The Morgan fingerprint density at radius 2 is 2.10 bits per heavy atom. The molecule has 0 saturated heterocycles. The molecular formula is C16H22N4O. The second-order valence-electron chi connectivity index (χ2n) is 5.27. The summed E-state index contributed by atoms with van der Waals surface area (Å²) in [5.74, 6) is -0.106. The summed E-state index contributed by atoms with van der Waals surface area (Å²) in [5, 5.41) is 7.05. The maximum Gasteiger partial charge on any atom is 0.237 e. The van der Waals surface area contributed by atoms with Crippen molar-refractivity contribution in [1.29, 1.82) is 0 Å². The molecule has 0 saturated carbocycles. The summed E-state index contributed by atoms with van der Waals surface area (Å²) in [6.07, 6.45) is 5.05. The molecule has 1 aromatic heterocycles. The monoisotopic (exact) mass is 286 g/mol. The van der Waals surface area contributed by atoms with Gasteiger partial charge in [-0.3, -0.25) is 9.48 Å². The van der Waals surface area contributed by atoms with Gasteiger partial charge in [0.1, 0.15) is 0 Å². The number of rotatable bonds is 7. The van der Waals surface area contributed by atoms with Gasteiger partial charge in [0.25, 0.3) is 0 Å². The zero-order valence-electron chi connectivity index (χ0n) is 12.3. The Balaban J connectivity index is 1.74. The standard InChI is InChI=1S/C16H22N4O/c1-13(12-20-11-5-10-18-20)19-16(21)15(17)9-8-14-6-3-2-4-7-14/h2-7,10-11,13,15H,8-9,12,17H2,1H3,(H,19,21)/t13?,15-/m0/s1. The highest BCUT2D eigenvalue weighted by atomic mass is 16.2. The van der Waals surface area contributed by atoms with Gasteiger partial charge < -0.3 is 11.1 Å². The third-order valence-electron chi connectivity index (χ3n) is 3.33. The van der Waals surface area contributed by atoms with E-state index in [1.165, 1.54) is 5.56 Å². The topological polar surface area (TPSA) is 72.9 Å². The number of aryl methyl sites for hydroxylation is 1. The summed E-state index contributed by atoms with van der Waals surface area (Å²) in [5.41, 5.74) is 7.15. The lowest BCUT2D eigenvalue weighted by atomic mass is 10.1. The van der Waals surface area contributed by atoms with Crippen LogP contribution in [-0.4, -0.2) is 27.8 Å². The number of benzene rings is 1. The molecule has 1 unspecified atom stereocenters. The number of carbonyl (C=O) groups is 1. The highest BCUT2D eigenvalue weighted by Gasteiger charge is 2.15. The van der Waals surface area contributed by atoms with Crippen molar-refractivity contribution in [3.05, 3.63) is 54.4 Å². The van der Waals surface area contributed by atoms with Crippen LogP contribution >= 0.6 is 0 Å². The molecule has 0 radical (unpaired) electrons. The molecule has 2 atom stereocenters. The molecule has 1 heterocycles. The van der Waals surface area contributed by atoms with Gasteiger partial charge in [-0.25, -0.2) is 0 Å². The average Bonchev–Trinajstić information content (AvgIpc) is 2.98. The SMILES string of the molecule is CC(Cn1cccn1)NC(=O)[C@@H](N)CCc1ccccc1. The average molecular weight is 286 g/mol. The van der Waals surface area contributed by atoms with Crippen LogP contribution in [0.1, 0.15) is 18.9 Å². The van der Waals surface area contributed by atoms with Crippen LogP contribution in [0.4, 0.5) is 0 Å². The third-order valence-corrected chi connectivity index (χ3v) is 3.33. The molecule has 0 aliphatic carbocycles. The number of nitrogens with zero attached hydrogens (tertiary/aromatic N) is 2. The number of amides is 1. The number of nitrogens with one attached hydrogen (secondary N) is 1. The van der Waals surface area contributed by atoms with Crippen LogP contribution in [0.25, 0.3) is 0 Å². The van der Waals surface area contributed by atoms with Crippen molar-refractivity contribution >= 4 is 5.91 Å². The lowest BCUT2D eigenvalue weighted by molar-refractivity contribution is -0.123. The van der Waals surface area contributed by atoms with Crippen LogP contribution in [0.15, 0.2) is 48.8 Å². The molecule has 21 heavy (non-hydrogen) atoms. The Morgan fingerprint density at radius 3 is 2.76 bits per heavy atom. The van der Waals surface area contributed by atoms with Crippen molar-refractivity contribution in [2.45, 2.75) is 38.4 Å². The second kappa shape index (κ2) is 7.59. The molecule has 0 spiro atoms. The Hall–Kier alpha value is -2.14. The van der Waals surface area contributed by atoms with Gasteiger partial charge in [0.05, 0.1) is 12.6 Å². The van der Waals surface area contributed by atoms with Crippen LogP contribution in [0.2, 0.25) is 0 Å². The number of hydrogen-bond donors (Lipinski definition) is 2. The number of hydrogen-bond acceptors (Lipinski definition) is 3. The van der Waals surface area contributed by atoms with Gasteiger partial charge in [-0.1, -0.05) is 30.3 Å². The summed E-state index contributed by atoms with van der Waals surface area (Å²) in [6.45, 7) is 2.59. The lowest BCUT2D eigenvalue weighted by Gasteiger charge is -2.17. The maximum atomic E-state index is 12.0. The minimum atomic E-state index is -0.481. The van der Waals surface area contributed by atoms with Gasteiger partial charge in [-0.2, -0.15) is 5.10 Å². The van der Waals surface area contributed by atoms with Crippen LogP contribution in [0, 0.1) is 0 Å². The van der Waals surface area contributed by atoms with Gasteiger partial charge in [-0.15, -0.1) is 0 Å². The predicted molar refractivity (Wildman–Crippen MR) is 82.6 cm³/mol. The predicted octanol–water partition coefficient (Wildman–Crippen LogP) is 1.35. The van der Waals surface area contributed by atoms with E-state index >= 15 is 0 Å². The van der Waals surface area contributed by atoms with Crippen LogP contribution < -0.4 is 11.1 Å². The molecule has 0 fully saturated rings. The zero-order chi connectivity index (χ0) is 15.1. The van der Waals surface area contributed by atoms with E-state index in [0.717, 1.165) is 6.42 Å². The first-order chi connectivity index (χ1) is 10.1. The highest BCUT2D eigenvalue weighted by Crippen LogP contribution is 2.04. The molecule has 0 bridgehead atoms. The van der Waals surface area contributed by atoms with Crippen molar-refractivity contribution in [3.8, 4) is 0 Å². The van der Waals surface area contributed by atoms with Crippen LogP contribution in [-0.2, 0) is 17.8 Å². The Labute approximate surface area is 125 Å². The fourth-order valence-corrected chi connectivity index (χ4v) is 2.18.